The number of carbonyl (C=O) groups is 1. The molecule has 124 valence electrons. The van der Waals surface area contributed by atoms with Gasteiger partial charge in [-0.1, -0.05) is 30.7 Å². The monoisotopic (exact) mass is 345 g/mol. The number of carboxylic acid groups (broad SMARTS) is 1. The van der Waals surface area contributed by atoms with Gasteiger partial charge in [0.05, 0.1) is 0 Å². The third kappa shape index (κ3) is 2.89. The van der Waals surface area contributed by atoms with Crippen LogP contribution >= 0.6 is 11.6 Å². The number of halogens is 2. The normalized spacial score (nSPS) is 12.5. The summed E-state index contributed by atoms with van der Waals surface area (Å²) in [7, 11) is 0. The molecule has 0 aliphatic heterocycles. The van der Waals surface area contributed by atoms with Crippen LogP contribution in [0.4, 0.5) is 4.39 Å². The van der Waals surface area contributed by atoms with Crippen LogP contribution in [0.5, 0.6) is 0 Å². The number of hydrogen-bond acceptors (Lipinski definition) is 1. The lowest BCUT2D eigenvalue weighted by atomic mass is 9.91. The lowest BCUT2D eigenvalue weighted by Crippen LogP contribution is -2.10. The molecule has 2 aromatic carbocycles. The van der Waals surface area contributed by atoms with Gasteiger partial charge in [0.25, 0.3) is 0 Å². The molecule has 0 saturated heterocycles. The van der Waals surface area contributed by atoms with Crippen molar-refractivity contribution < 1.29 is 14.3 Å². The van der Waals surface area contributed by atoms with Crippen LogP contribution in [-0.2, 0) is 11.3 Å². The van der Waals surface area contributed by atoms with Gasteiger partial charge >= 0.3 is 5.97 Å². The number of hydrogen-bond donors (Lipinski definition) is 1. The molecule has 0 amide bonds. The number of fused-ring (bicyclic) bond motifs is 1. The Balaban J connectivity index is 2.22. The quantitative estimate of drug-likeness (QED) is 0.724. The molecule has 5 heteroatoms. The van der Waals surface area contributed by atoms with Crippen LogP contribution in [0, 0.1) is 12.7 Å². The lowest BCUT2D eigenvalue weighted by Gasteiger charge is -2.14. The maximum Gasteiger partial charge on any atom is 0.323 e. The van der Waals surface area contributed by atoms with Crippen molar-refractivity contribution in [2.24, 2.45) is 0 Å². The van der Waals surface area contributed by atoms with Crippen molar-refractivity contribution in [3.63, 3.8) is 0 Å². The molecule has 24 heavy (non-hydrogen) atoms. The van der Waals surface area contributed by atoms with Gasteiger partial charge in [-0.05, 0) is 48.4 Å². The Bertz CT molecular complexity index is 915. The summed E-state index contributed by atoms with van der Waals surface area (Å²) in [5.41, 5.74) is 3.54. The lowest BCUT2D eigenvalue weighted by molar-refractivity contribution is -0.137. The molecule has 0 saturated carbocycles. The maximum atomic E-state index is 13.8. The van der Waals surface area contributed by atoms with E-state index >= 15 is 0 Å². The highest BCUT2D eigenvalue weighted by Gasteiger charge is 2.21. The highest BCUT2D eigenvalue weighted by atomic mass is 35.5. The Morgan fingerprint density at radius 2 is 1.92 bits per heavy atom. The van der Waals surface area contributed by atoms with Gasteiger partial charge < -0.3 is 9.67 Å². The predicted molar refractivity (Wildman–Crippen MR) is 93.2 cm³/mol. The Morgan fingerprint density at radius 1 is 1.25 bits per heavy atom. The van der Waals surface area contributed by atoms with Crippen LogP contribution in [0.15, 0.2) is 42.5 Å². The molecule has 1 aromatic heterocycles. The number of rotatable bonds is 4. The van der Waals surface area contributed by atoms with E-state index < -0.39 is 5.97 Å². The molecular weight excluding hydrogens is 329 g/mol. The number of aromatic nitrogens is 1. The van der Waals surface area contributed by atoms with Gasteiger partial charge in [-0.3, -0.25) is 4.79 Å². The molecule has 0 aliphatic carbocycles. The largest absolute Gasteiger partial charge is 0.480 e. The second kappa shape index (κ2) is 6.29. The first kappa shape index (κ1) is 16.5. The molecule has 0 spiro atoms. The summed E-state index contributed by atoms with van der Waals surface area (Å²) in [6.07, 6.45) is 0. The fourth-order valence-electron chi connectivity index (χ4n) is 3.28. The van der Waals surface area contributed by atoms with Crippen molar-refractivity contribution in [1.29, 1.82) is 0 Å². The molecule has 0 radical (unpaired) electrons. The first-order valence-electron chi connectivity index (χ1n) is 7.64. The second-order valence-electron chi connectivity index (χ2n) is 5.91. The molecule has 0 aliphatic rings. The Labute approximate surface area is 144 Å². The Kier molecular flexibility index (Phi) is 4.33. The van der Waals surface area contributed by atoms with Crippen LogP contribution in [0.25, 0.3) is 10.9 Å². The Hall–Kier alpha value is -2.33. The summed E-state index contributed by atoms with van der Waals surface area (Å²) >= 11 is 5.95. The molecule has 3 rings (SSSR count). The van der Waals surface area contributed by atoms with Crippen LogP contribution in [0.1, 0.15) is 29.7 Å². The molecule has 0 bridgehead atoms. The van der Waals surface area contributed by atoms with E-state index in [4.69, 9.17) is 11.6 Å². The van der Waals surface area contributed by atoms with Crippen molar-refractivity contribution in [3.8, 4) is 0 Å². The van der Waals surface area contributed by atoms with Crippen molar-refractivity contribution in [2.75, 3.05) is 0 Å². The van der Waals surface area contributed by atoms with Crippen molar-refractivity contribution in [3.05, 3.63) is 70.1 Å². The van der Waals surface area contributed by atoms with Crippen molar-refractivity contribution in [1.82, 2.24) is 4.57 Å². The topological polar surface area (TPSA) is 42.2 Å². The molecule has 1 N–H and O–H groups in total. The predicted octanol–water partition coefficient (Wildman–Crippen LogP) is 4.98. The fraction of sp³-hybridized carbons (Fsp3) is 0.211. The summed E-state index contributed by atoms with van der Waals surface area (Å²) in [6.45, 7) is 3.75. The van der Waals surface area contributed by atoms with Gasteiger partial charge in [-0.25, -0.2) is 4.39 Å². The number of benzene rings is 2. The van der Waals surface area contributed by atoms with E-state index in [2.05, 4.69) is 0 Å². The van der Waals surface area contributed by atoms with Gasteiger partial charge in [0.1, 0.15) is 12.4 Å². The minimum absolute atomic E-state index is 0.0124. The summed E-state index contributed by atoms with van der Waals surface area (Å²) in [6, 6.07) is 12.0. The van der Waals surface area contributed by atoms with Gasteiger partial charge in [0, 0.05) is 27.5 Å². The van der Waals surface area contributed by atoms with E-state index in [1.54, 1.807) is 10.6 Å². The zero-order valence-electron chi connectivity index (χ0n) is 13.4. The van der Waals surface area contributed by atoms with Crippen molar-refractivity contribution in [2.45, 2.75) is 26.3 Å². The summed E-state index contributed by atoms with van der Waals surface area (Å²) in [4.78, 5) is 11.2. The third-order valence-electron chi connectivity index (χ3n) is 4.43. The third-order valence-corrected chi connectivity index (χ3v) is 4.68. The number of aliphatic carboxylic acids is 1. The highest BCUT2D eigenvalue weighted by molar-refractivity contribution is 6.30. The van der Waals surface area contributed by atoms with E-state index in [0.29, 0.717) is 5.02 Å². The number of nitrogens with zero attached hydrogens (tertiary/aromatic N) is 1. The first-order valence-corrected chi connectivity index (χ1v) is 8.01. The van der Waals surface area contributed by atoms with E-state index in [9.17, 15) is 14.3 Å². The van der Waals surface area contributed by atoms with Crippen molar-refractivity contribution >= 4 is 28.5 Å². The molecule has 0 fully saturated rings. The maximum absolute atomic E-state index is 13.8. The molecule has 1 atom stereocenters. The minimum atomic E-state index is -0.926. The average molecular weight is 346 g/mol. The molecule has 3 aromatic rings. The zero-order valence-corrected chi connectivity index (χ0v) is 14.1. The highest BCUT2D eigenvalue weighted by Crippen LogP contribution is 2.36. The SMILES string of the molecule is Cc1c(C(C)c2ccc(Cl)cc2)c2cc(F)ccc2n1CC(=O)O. The molecule has 1 unspecified atom stereocenters. The fourth-order valence-corrected chi connectivity index (χ4v) is 3.41. The van der Waals surface area contributed by atoms with Gasteiger partial charge in [0.15, 0.2) is 0 Å². The van der Waals surface area contributed by atoms with E-state index in [0.717, 1.165) is 27.7 Å². The van der Waals surface area contributed by atoms with E-state index in [-0.39, 0.29) is 18.3 Å². The smallest absolute Gasteiger partial charge is 0.323 e. The summed E-state index contributed by atoms with van der Waals surface area (Å²) in [5, 5.41) is 10.6. The van der Waals surface area contributed by atoms with Crippen LogP contribution in [0.2, 0.25) is 5.02 Å². The Morgan fingerprint density at radius 3 is 2.54 bits per heavy atom. The van der Waals surface area contributed by atoms with Crippen LogP contribution in [0.3, 0.4) is 0 Å². The minimum Gasteiger partial charge on any atom is -0.480 e. The zero-order chi connectivity index (χ0) is 17.4. The molecule has 3 nitrogen and oxygen atoms in total. The van der Waals surface area contributed by atoms with Gasteiger partial charge in [-0.2, -0.15) is 0 Å². The number of carboxylic acids is 1. The van der Waals surface area contributed by atoms with E-state index in [1.165, 1.54) is 12.1 Å². The van der Waals surface area contributed by atoms with Crippen LogP contribution < -0.4 is 0 Å². The van der Waals surface area contributed by atoms with E-state index in [1.807, 2.05) is 38.1 Å². The van der Waals surface area contributed by atoms with Gasteiger partial charge in [0.2, 0.25) is 0 Å². The van der Waals surface area contributed by atoms with Gasteiger partial charge in [-0.15, -0.1) is 0 Å². The molecular formula is C19H17ClFNO2. The molecule has 1 heterocycles. The summed E-state index contributed by atoms with van der Waals surface area (Å²) in [5.74, 6) is -1.27. The average Bonchev–Trinajstić information content (AvgIpc) is 2.78. The van der Waals surface area contributed by atoms with Crippen LogP contribution in [-0.4, -0.2) is 15.6 Å². The standard InChI is InChI=1S/C19H17ClFNO2/c1-11(13-3-5-14(20)6-4-13)19-12(2)22(10-18(23)24)17-8-7-15(21)9-16(17)19/h3-9,11H,10H2,1-2H3,(H,23,24). The first-order chi connectivity index (χ1) is 11.4. The second-order valence-corrected chi connectivity index (χ2v) is 6.35. The summed E-state index contributed by atoms with van der Waals surface area (Å²) < 4.78 is 15.5.